The third-order valence-electron chi connectivity index (χ3n) is 5.87. The number of hydrogen-bond acceptors (Lipinski definition) is 5. The maximum absolute atomic E-state index is 13.2. The molecule has 0 N–H and O–H groups in total. The summed E-state index contributed by atoms with van der Waals surface area (Å²) in [6, 6.07) is 5.76. The molecule has 0 saturated carbocycles. The first kappa shape index (κ1) is 16.5. The van der Waals surface area contributed by atoms with Crippen LogP contribution in [0.1, 0.15) is 49.9 Å². The van der Waals surface area contributed by atoms with E-state index in [4.69, 9.17) is 4.74 Å². The molecule has 1 amide bonds. The van der Waals surface area contributed by atoms with Gasteiger partial charge in [0.15, 0.2) is 0 Å². The maximum atomic E-state index is 13.2. The molecule has 3 heterocycles. The molecule has 4 rings (SSSR count). The van der Waals surface area contributed by atoms with Gasteiger partial charge in [0.25, 0.3) is 5.91 Å². The highest BCUT2D eigenvalue weighted by molar-refractivity contribution is 7.16. The van der Waals surface area contributed by atoms with Crippen LogP contribution in [0.25, 0.3) is 10.2 Å². The summed E-state index contributed by atoms with van der Waals surface area (Å²) in [5.74, 6) is -0.108. The van der Waals surface area contributed by atoms with E-state index >= 15 is 0 Å². The number of amides is 1. The fraction of sp³-hybridized carbons (Fsp3) is 0.526. The number of carbonyl (C=O) groups is 2. The van der Waals surface area contributed by atoms with Crippen molar-refractivity contribution in [2.75, 3.05) is 6.61 Å². The molecule has 0 unspecified atom stereocenters. The van der Waals surface area contributed by atoms with Crippen molar-refractivity contribution in [1.82, 2.24) is 9.88 Å². The first-order valence-electron chi connectivity index (χ1n) is 8.94. The Morgan fingerprint density at radius 1 is 1.36 bits per heavy atom. The van der Waals surface area contributed by atoms with E-state index in [9.17, 15) is 9.59 Å². The molecule has 25 heavy (non-hydrogen) atoms. The molecule has 5 nitrogen and oxygen atoms in total. The van der Waals surface area contributed by atoms with Crippen molar-refractivity contribution in [3.8, 4) is 0 Å². The lowest BCUT2D eigenvalue weighted by Crippen LogP contribution is -2.45. The Morgan fingerprint density at radius 3 is 2.96 bits per heavy atom. The Bertz CT molecular complexity index is 833. The molecule has 2 bridgehead atoms. The molecule has 2 fully saturated rings. The zero-order chi connectivity index (χ0) is 17.6. The topological polar surface area (TPSA) is 59.5 Å². The van der Waals surface area contributed by atoms with Gasteiger partial charge in [-0.15, -0.1) is 11.3 Å². The molecule has 2 aliphatic heterocycles. The zero-order valence-corrected chi connectivity index (χ0v) is 15.3. The number of carbonyl (C=O) groups excluding carboxylic acids is 2. The summed E-state index contributed by atoms with van der Waals surface area (Å²) in [5, 5.41) is 0. The third-order valence-corrected chi connectivity index (χ3v) is 6.66. The van der Waals surface area contributed by atoms with Crippen LogP contribution in [0.5, 0.6) is 0 Å². The van der Waals surface area contributed by atoms with Gasteiger partial charge < -0.3 is 9.64 Å². The highest BCUT2D eigenvalue weighted by Crippen LogP contribution is 2.52. The Morgan fingerprint density at radius 2 is 2.20 bits per heavy atom. The number of ether oxygens (including phenoxy) is 1. The number of benzene rings is 1. The molecule has 0 aliphatic carbocycles. The Hall–Kier alpha value is -1.95. The summed E-state index contributed by atoms with van der Waals surface area (Å²) in [7, 11) is 0. The number of nitrogens with zero attached hydrogens (tertiary/aromatic N) is 2. The van der Waals surface area contributed by atoms with E-state index in [0.29, 0.717) is 18.6 Å². The fourth-order valence-electron chi connectivity index (χ4n) is 4.65. The van der Waals surface area contributed by atoms with Crippen LogP contribution in [-0.2, 0) is 9.53 Å². The molecule has 1 aromatic heterocycles. The fourth-order valence-corrected chi connectivity index (χ4v) is 5.36. The highest BCUT2D eigenvalue weighted by atomic mass is 32.1. The van der Waals surface area contributed by atoms with Crippen molar-refractivity contribution < 1.29 is 14.3 Å². The second-order valence-electron chi connectivity index (χ2n) is 6.93. The van der Waals surface area contributed by atoms with E-state index < -0.39 is 5.41 Å². The number of rotatable bonds is 4. The van der Waals surface area contributed by atoms with E-state index in [-0.39, 0.29) is 24.0 Å². The van der Waals surface area contributed by atoms with Crippen LogP contribution in [0.4, 0.5) is 0 Å². The number of thiazole rings is 1. The van der Waals surface area contributed by atoms with Gasteiger partial charge in [-0.05, 0) is 50.8 Å². The van der Waals surface area contributed by atoms with Gasteiger partial charge in [-0.1, -0.05) is 6.92 Å². The SMILES string of the molecule is CCOC(=O)[C@@]1(CC)C[C@H]2CC[C@@H]1N2C(=O)c1ccc2ncsc2c1. The van der Waals surface area contributed by atoms with Gasteiger partial charge in [-0.3, -0.25) is 9.59 Å². The van der Waals surface area contributed by atoms with E-state index in [1.54, 1.807) is 5.51 Å². The van der Waals surface area contributed by atoms with Gasteiger partial charge in [0, 0.05) is 17.6 Å². The second kappa shape index (κ2) is 6.09. The zero-order valence-electron chi connectivity index (χ0n) is 14.5. The minimum absolute atomic E-state index is 0.0300. The third kappa shape index (κ3) is 2.38. The van der Waals surface area contributed by atoms with Gasteiger partial charge in [0.2, 0.25) is 0 Å². The molecule has 0 spiro atoms. The van der Waals surface area contributed by atoms with Crippen molar-refractivity contribution in [1.29, 1.82) is 0 Å². The van der Waals surface area contributed by atoms with E-state index in [2.05, 4.69) is 4.98 Å². The van der Waals surface area contributed by atoms with E-state index in [1.165, 1.54) is 11.3 Å². The average Bonchev–Trinajstić information content (AvgIpc) is 3.33. The molecule has 2 aromatic rings. The summed E-state index contributed by atoms with van der Waals surface area (Å²) in [5.41, 5.74) is 2.86. The van der Waals surface area contributed by atoms with Crippen molar-refractivity contribution in [2.45, 2.75) is 51.6 Å². The molecular formula is C19H22N2O3S. The molecule has 0 radical (unpaired) electrons. The summed E-state index contributed by atoms with van der Waals surface area (Å²) in [6.45, 7) is 4.25. The lowest BCUT2D eigenvalue weighted by Gasteiger charge is -2.34. The Balaban J connectivity index is 1.66. The molecule has 6 heteroatoms. The summed E-state index contributed by atoms with van der Waals surface area (Å²) >= 11 is 1.54. The number of hydrogen-bond donors (Lipinski definition) is 0. The van der Waals surface area contributed by atoms with Crippen LogP contribution in [-0.4, -0.2) is 40.5 Å². The number of aromatic nitrogens is 1. The number of fused-ring (bicyclic) bond motifs is 3. The second-order valence-corrected chi connectivity index (χ2v) is 7.81. The van der Waals surface area contributed by atoms with Gasteiger partial charge in [0.1, 0.15) is 0 Å². The standard InChI is InChI=1S/C19H22N2O3S/c1-3-19(18(23)24-4-2)10-13-6-8-16(19)21(13)17(22)12-5-7-14-15(9-12)25-11-20-14/h5,7,9,11,13,16H,3-4,6,8,10H2,1-2H3/t13-,16+,19+/m1/s1. The summed E-state index contributed by atoms with van der Waals surface area (Å²) in [4.78, 5) is 32.1. The van der Waals surface area contributed by atoms with Crippen molar-refractivity contribution >= 4 is 33.4 Å². The molecule has 132 valence electrons. The van der Waals surface area contributed by atoms with Crippen molar-refractivity contribution in [2.24, 2.45) is 5.41 Å². The molecule has 2 saturated heterocycles. The highest BCUT2D eigenvalue weighted by Gasteiger charge is 2.61. The van der Waals surface area contributed by atoms with Gasteiger partial charge in [-0.2, -0.15) is 0 Å². The lowest BCUT2D eigenvalue weighted by molar-refractivity contribution is -0.157. The molecule has 1 aromatic carbocycles. The monoisotopic (exact) mass is 358 g/mol. The molecule has 2 aliphatic rings. The van der Waals surface area contributed by atoms with Crippen LogP contribution in [0, 0.1) is 5.41 Å². The van der Waals surface area contributed by atoms with Crippen molar-refractivity contribution in [3.63, 3.8) is 0 Å². The largest absolute Gasteiger partial charge is 0.466 e. The number of esters is 1. The first-order valence-corrected chi connectivity index (χ1v) is 9.82. The summed E-state index contributed by atoms with van der Waals surface area (Å²) in [6.07, 6.45) is 3.29. The van der Waals surface area contributed by atoms with Crippen LogP contribution < -0.4 is 0 Å². The minimum atomic E-state index is -0.539. The molecular weight excluding hydrogens is 336 g/mol. The quantitative estimate of drug-likeness (QED) is 0.783. The predicted molar refractivity (Wildman–Crippen MR) is 96.6 cm³/mol. The molecule has 3 atom stereocenters. The van der Waals surface area contributed by atoms with Gasteiger partial charge in [-0.25, -0.2) is 4.98 Å². The van der Waals surface area contributed by atoms with Gasteiger partial charge >= 0.3 is 5.97 Å². The first-order chi connectivity index (χ1) is 12.1. The van der Waals surface area contributed by atoms with Crippen LogP contribution in [0.2, 0.25) is 0 Å². The van der Waals surface area contributed by atoms with Gasteiger partial charge in [0.05, 0.1) is 27.7 Å². The van der Waals surface area contributed by atoms with Crippen LogP contribution in [0.3, 0.4) is 0 Å². The normalized spacial score (nSPS) is 27.8. The van der Waals surface area contributed by atoms with Crippen molar-refractivity contribution in [3.05, 3.63) is 29.3 Å². The van der Waals surface area contributed by atoms with E-state index in [1.807, 2.05) is 36.9 Å². The smallest absolute Gasteiger partial charge is 0.314 e. The minimum Gasteiger partial charge on any atom is -0.466 e. The maximum Gasteiger partial charge on any atom is 0.314 e. The predicted octanol–water partition coefficient (Wildman–Crippen LogP) is 3.63. The van der Waals surface area contributed by atoms with Crippen LogP contribution in [0.15, 0.2) is 23.7 Å². The Labute approximate surface area is 151 Å². The van der Waals surface area contributed by atoms with Crippen LogP contribution >= 0.6 is 11.3 Å². The summed E-state index contributed by atoms with van der Waals surface area (Å²) < 4.78 is 6.39. The lowest BCUT2D eigenvalue weighted by atomic mass is 9.72. The average molecular weight is 358 g/mol. The Kier molecular flexibility index (Phi) is 4.02. The van der Waals surface area contributed by atoms with E-state index in [0.717, 1.165) is 29.5 Å².